The fourth-order valence-electron chi connectivity index (χ4n) is 9.37. The van der Waals surface area contributed by atoms with Gasteiger partial charge in [-0.05, 0) is 50.5 Å². The topological polar surface area (TPSA) is 118 Å². The molecule has 0 amide bonds. The van der Waals surface area contributed by atoms with Gasteiger partial charge in [-0.3, -0.25) is 20.7 Å². The summed E-state index contributed by atoms with van der Waals surface area (Å²) >= 11 is 7.12. The van der Waals surface area contributed by atoms with Crippen molar-refractivity contribution in [2.75, 3.05) is 57.4 Å². The van der Waals surface area contributed by atoms with E-state index in [0.29, 0.717) is 69.3 Å². The molecule has 4 saturated heterocycles. The summed E-state index contributed by atoms with van der Waals surface area (Å²) in [5.74, 6) is -0.0633. The summed E-state index contributed by atoms with van der Waals surface area (Å²) in [5, 5.41) is 9.82. The predicted molar refractivity (Wildman–Crippen MR) is 170 cm³/mol. The zero-order chi connectivity index (χ0) is 31.7. The summed E-state index contributed by atoms with van der Waals surface area (Å²) in [6.07, 6.45) is 7.35. The minimum absolute atomic E-state index is 0.00206. The number of aryl methyl sites for hydroxylation is 1. The number of nitrogens with zero attached hydrogens (tertiary/aromatic N) is 8. The van der Waals surface area contributed by atoms with Crippen LogP contribution < -0.4 is 20.5 Å². The van der Waals surface area contributed by atoms with Crippen molar-refractivity contribution in [3.8, 4) is 6.01 Å². The van der Waals surface area contributed by atoms with Gasteiger partial charge in [0.25, 0.3) is 0 Å². The van der Waals surface area contributed by atoms with Gasteiger partial charge in [0, 0.05) is 62.1 Å². The minimum atomic E-state index is -0.880. The van der Waals surface area contributed by atoms with Gasteiger partial charge in [0.2, 0.25) is 0 Å². The largest absolute Gasteiger partial charge is 0.461 e. The third-order valence-electron chi connectivity index (χ3n) is 11.7. The van der Waals surface area contributed by atoms with Gasteiger partial charge in [-0.2, -0.15) is 25.0 Å². The quantitative estimate of drug-likeness (QED) is 0.401. The van der Waals surface area contributed by atoms with Crippen molar-refractivity contribution < 1.29 is 18.3 Å². The lowest BCUT2D eigenvalue weighted by molar-refractivity contribution is 0.107. The van der Waals surface area contributed by atoms with E-state index in [1.165, 1.54) is 0 Å². The SMILES string of the molecule is Fc1c2ncc3c(nc(OC[C@@]45CCCN4C[C@H](F)C5)nc13)N1CCOC[C@H](C1)c1cnn(n1)CCCC1C(Cl)CC3NNCC3C21. The Morgan fingerprint density at radius 1 is 1.13 bits per heavy atom. The molecule has 252 valence electrons. The molecule has 0 aromatic carbocycles. The molecular formula is C32H41ClF2N10O2. The molecule has 47 heavy (non-hydrogen) atoms. The van der Waals surface area contributed by atoms with Crippen LogP contribution in [0.4, 0.5) is 14.6 Å². The van der Waals surface area contributed by atoms with Crippen molar-refractivity contribution in [1.29, 1.82) is 0 Å². The number of ether oxygens (including phenoxy) is 2. The van der Waals surface area contributed by atoms with E-state index >= 15 is 4.39 Å². The highest BCUT2D eigenvalue weighted by Gasteiger charge is 2.50. The van der Waals surface area contributed by atoms with Crippen LogP contribution >= 0.6 is 11.6 Å². The molecule has 6 aliphatic heterocycles. The van der Waals surface area contributed by atoms with Crippen LogP contribution in [-0.4, -0.2) is 111 Å². The van der Waals surface area contributed by atoms with Crippen molar-refractivity contribution in [1.82, 2.24) is 45.7 Å². The first-order valence-corrected chi connectivity index (χ1v) is 17.6. The van der Waals surface area contributed by atoms with Crippen LogP contribution in [0, 0.1) is 17.7 Å². The number of rotatable bonds is 3. The second-order valence-corrected chi connectivity index (χ2v) is 14.9. The van der Waals surface area contributed by atoms with Gasteiger partial charge < -0.3 is 14.4 Å². The Kier molecular flexibility index (Phi) is 7.72. The van der Waals surface area contributed by atoms with Gasteiger partial charge in [-0.15, -0.1) is 11.6 Å². The average Bonchev–Trinajstić information content (AvgIpc) is 3.82. The van der Waals surface area contributed by atoms with Crippen LogP contribution in [-0.2, 0) is 11.3 Å². The molecule has 0 radical (unpaired) electrons. The van der Waals surface area contributed by atoms with Crippen molar-refractivity contribution >= 4 is 28.3 Å². The Hall–Kier alpha value is -2.78. The van der Waals surface area contributed by atoms with Crippen molar-refractivity contribution in [3.63, 3.8) is 0 Å². The third-order valence-corrected chi connectivity index (χ3v) is 12.2. The summed E-state index contributed by atoms with van der Waals surface area (Å²) in [6.45, 7) is 4.94. The van der Waals surface area contributed by atoms with E-state index in [9.17, 15) is 4.39 Å². The molecule has 10 rings (SSSR count). The minimum Gasteiger partial charge on any atom is -0.461 e. The molecule has 3 aromatic rings. The average molecular weight is 671 g/mol. The number of aromatic nitrogens is 6. The molecule has 9 heterocycles. The lowest BCUT2D eigenvalue weighted by Crippen LogP contribution is -2.45. The first-order valence-electron chi connectivity index (χ1n) is 17.2. The Balaban J connectivity index is 1.18. The number of anilines is 1. The number of hydrogen-bond acceptors (Lipinski definition) is 11. The van der Waals surface area contributed by atoms with Crippen LogP contribution in [0.3, 0.4) is 0 Å². The summed E-state index contributed by atoms with van der Waals surface area (Å²) in [6, 6.07) is 0.211. The molecule has 12 nitrogen and oxygen atoms in total. The van der Waals surface area contributed by atoms with Gasteiger partial charge in [0.05, 0.1) is 48.3 Å². The Morgan fingerprint density at radius 2 is 2.06 bits per heavy atom. The lowest BCUT2D eigenvalue weighted by atomic mass is 9.66. The molecule has 2 N–H and O–H groups in total. The number of halogens is 3. The van der Waals surface area contributed by atoms with E-state index in [0.717, 1.165) is 44.3 Å². The molecule has 0 spiro atoms. The van der Waals surface area contributed by atoms with Crippen molar-refractivity contribution in [2.45, 2.75) is 80.0 Å². The van der Waals surface area contributed by atoms with Crippen LogP contribution in [0.2, 0.25) is 0 Å². The number of alkyl halides is 2. The number of hydrazine groups is 1. The van der Waals surface area contributed by atoms with E-state index < -0.39 is 12.0 Å². The molecule has 15 heteroatoms. The molecule has 8 atom stereocenters. The predicted octanol–water partition coefficient (Wildman–Crippen LogP) is 2.93. The maximum Gasteiger partial charge on any atom is 0.319 e. The van der Waals surface area contributed by atoms with Crippen molar-refractivity contribution in [3.05, 3.63) is 29.6 Å². The second kappa shape index (κ2) is 12.0. The lowest BCUT2D eigenvalue weighted by Gasteiger charge is -2.42. The Labute approximate surface area is 276 Å². The Morgan fingerprint density at radius 3 is 3.00 bits per heavy atom. The third kappa shape index (κ3) is 5.25. The highest BCUT2D eigenvalue weighted by atomic mass is 35.5. The van der Waals surface area contributed by atoms with E-state index in [-0.39, 0.29) is 58.8 Å². The number of nitrogens with one attached hydrogen (secondary N) is 2. The summed E-state index contributed by atoms with van der Waals surface area (Å²) in [4.78, 5) is 20.6. The molecule has 1 aliphatic carbocycles. The zero-order valence-electron chi connectivity index (χ0n) is 26.3. The summed E-state index contributed by atoms with van der Waals surface area (Å²) < 4.78 is 44.2. The molecule has 1 saturated carbocycles. The van der Waals surface area contributed by atoms with Gasteiger partial charge >= 0.3 is 6.01 Å². The van der Waals surface area contributed by atoms with E-state index in [4.69, 9.17) is 41.1 Å². The van der Waals surface area contributed by atoms with Gasteiger partial charge in [-0.25, -0.2) is 8.78 Å². The van der Waals surface area contributed by atoms with Gasteiger partial charge in [-0.1, -0.05) is 0 Å². The normalized spacial score (nSPS) is 35.6. The molecule has 3 aromatic heterocycles. The van der Waals surface area contributed by atoms with E-state index in [1.807, 2.05) is 6.20 Å². The summed E-state index contributed by atoms with van der Waals surface area (Å²) in [5.41, 5.74) is 7.72. The highest BCUT2D eigenvalue weighted by molar-refractivity contribution is 6.21. The molecule has 5 unspecified atom stereocenters. The second-order valence-electron chi connectivity index (χ2n) is 14.4. The van der Waals surface area contributed by atoms with Crippen LogP contribution in [0.1, 0.15) is 61.7 Å². The first-order chi connectivity index (χ1) is 23.0. The molecule has 7 aliphatic rings. The smallest absolute Gasteiger partial charge is 0.319 e. The van der Waals surface area contributed by atoms with E-state index in [2.05, 4.69) is 25.8 Å². The fourth-order valence-corrected chi connectivity index (χ4v) is 9.85. The zero-order valence-corrected chi connectivity index (χ0v) is 27.1. The first kappa shape index (κ1) is 30.3. The summed E-state index contributed by atoms with van der Waals surface area (Å²) in [7, 11) is 0. The molecular weight excluding hydrogens is 630 g/mol. The van der Waals surface area contributed by atoms with Gasteiger partial charge in [0.1, 0.15) is 24.1 Å². The monoisotopic (exact) mass is 670 g/mol. The number of pyridine rings is 1. The Bertz CT molecular complexity index is 1650. The number of hydrogen-bond donors (Lipinski definition) is 2. The maximum atomic E-state index is 17.2. The standard InChI is InChI=1S/C32H41ClF2N10O2/c33-23-9-24-21(12-37-41-24)26-20(23)3-1-6-45-38-13-25(42-45)18-14-43(7-8-46-16-18)30-22-11-36-29(26)27(35)28(22)39-31(40-30)47-17-32-4-2-5-44(32)15-19(34)10-32/h11,13,18-21,23-24,26,37,41H,1-10,12,14-17H2/t18-,19+,20?,21?,23?,24?,26?,32-/m0/s1. The number of fused-ring (bicyclic) bond motifs is 5. The molecule has 8 bridgehead atoms. The van der Waals surface area contributed by atoms with Crippen LogP contribution in [0.5, 0.6) is 6.01 Å². The van der Waals surface area contributed by atoms with Crippen molar-refractivity contribution in [2.24, 2.45) is 11.8 Å². The molecule has 5 fully saturated rings. The maximum absolute atomic E-state index is 17.2. The fraction of sp³-hybridized carbons (Fsp3) is 0.719. The van der Waals surface area contributed by atoms with Crippen LogP contribution in [0.15, 0.2) is 12.4 Å². The van der Waals surface area contributed by atoms with E-state index in [1.54, 1.807) is 11.0 Å². The van der Waals surface area contributed by atoms with Crippen LogP contribution in [0.25, 0.3) is 10.9 Å². The van der Waals surface area contributed by atoms with Gasteiger partial charge in [0.15, 0.2) is 5.82 Å². The highest BCUT2D eigenvalue weighted by Crippen LogP contribution is 2.48.